The summed E-state index contributed by atoms with van der Waals surface area (Å²) in [6.45, 7) is 6.91. The monoisotopic (exact) mass is 466 g/mol. The zero-order valence-corrected chi connectivity index (χ0v) is 17.8. The Morgan fingerprint density at radius 1 is 1.19 bits per heavy atom. The molecule has 26 heavy (non-hydrogen) atoms. The van der Waals surface area contributed by atoms with Crippen LogP contribution in [0.25, 0.3) is 0 Å². The van der Waals surface area contributed by atoms with Gasteiger partial charge in [0.05, 0.1) is 6.04 Å². The fourth-order valence-electron chi connectivity index (χ4n) is 3.44. The van der Waals surface area contributed by atoms with Crippen molar-refractivity contribution < 1.29 is 7.86 Å². The summed E-state index contributed by atoms with van der Waals surface area (Å²) in [5, 5.41) is 0. The van der Waals surface area contributed by atoms with Gasteiger partial charge in [0.25, 0.3) is 0 Å². The summed E-state index contributed by atoms with van der Waals surface area (Å²) in [6, 6.07) is 15.9. The minimum Gasteiger partial charge on any atom is -0.398 e. The summed E-state index contributed by atoms with van der Waals surface area (Å²) in [5.74, 6) is -0.0397. The average molecular weight is 466 g/mol. The fourth-order valence-corrected chi connectivity index (χ4v) is 3.80. The third-order valence-corrected chi connectivity index (χ3v) is 5.08. The van der Waals surface area contributed by atoms with Gasteiger partial charge in [-0.1, -0.05) is 56.3 Å². The third-order valence-electron chi connectivity index (χ3n) is 4.80. The minimum absolute atomic E-state index is 0.107. The smallest absolute Gasteiger partial charge is 0.147 e. The van der Waals surface area contributed by atoms with Gasteiger partial charge in [-0.05, 0) is 42.6 Å². The zero-order chi connectivity index (χ0) is 19.1. The first-order valence-corrected chi connectivity index (χ1v) is 9.82. The van der Waals surface area contributed by atoms with Crippen LogP contribution in [0.15, 0.2) is 48.5 Å². The van der Waals surface area contributed by atoms with Gasteiger partial charge < -0.3 is 5.73 Å². The zero-order valence-electron chi connectivity index (χ0n) is 15.6. The largest absolute Gasteiger partial charge is 0.398 e. The molecule has 0 saturated heterocycles. The lowest BCUT2D eigenvalue weighted by Crippen LogP contribution is -2.45. The van der Waals surface area contributed by atoms with Gasteiger partial charge in [-0.25, -0.2) is 0 Å². The number of hydrogen-bond donors (Lipinski definition) is 1. The molecule has 0 aliphatic heterocycles. The lowest BCUT2D eigenvalue weighted by molar-refractivity contribution is -0.123. The molecular weight excluding hydrogens is 439 g/mol. The number of likely N-dealkylation sites (N-methyl/N-ethyl adjacent to an activating group) is 1. The second-order valence-electron chi connectivity index (χ2n) is 6.40. The van der Waals surface area contributed by atoms with Gasteiger partial charge in [-0.15, -0.1) is 0 Å². The number of nitrogens with zero attached hydrogens (tertiary/aromatic N) is 1. The number of carbonyl (C=O) groups is 1. The van der Waals surface area contributed by atoms with Crippen LogP contribution in [0.1, 0.15) is 43.4 Å². The molecule has 4 nitrogen and oxygen atoms in total. The van der Waals surface area contributed by atoms with E-state index >= 15 is 0 Å². The molecule has 2 atom stereocenters. The summed E-state index contributed by atoms with van der Waals surface area (Å²) in [7, 11) is 0. The molecule has 5 heteroatoms. The predicted molar refractivity (Wildman–Crippen MR) is 115 cm³/mol. The Labute approximate surface area is 170 Å². The van der Waals surface area contributed by atoms with Gasteiger partial charge in [-0.2, -0.15) is 0 Å². The number of halogens is 1. The maximum Gasteiger partial charge on any atom is 0.147 e. The lowest BCUT2D eigenvalue weighted by Gasteiger charge is -2.35. The number of hydrogen-bond acceptors (Lipinski definition) is 4. The van der Waals surface area contributed by atoms with Crippen LogP contribution in [-0.2, 0) is 14.3 Å². The SMILES string of the molecule is CCc1ccc(N)c(C(c2ccccc2)C(C(C)=O)N(CC)COI)c1. The first kappa shape index (κ1) is 20.9. The highest BCUT2D eigenvalue weighted by atomic mass is 127. The van der Waals surface area contributed by atoms with E-state index < -0.39 is 0 Å². The van der Waals surface area contributed by atoms with Gasteiger partial charge in [0.2, 0.25) is 0 Å². The Balaban J connectivity index is 2.65. The van der Waals surface area contributed by atoms with Crippen LogP contribution in [0.3, 0.4) is 0 Å². The Hall–Kier alpha value is -1.44. The highest BCUT2D eigenvalue weighted by Crippen LogP contribution is 2.35. The van der Waals surface area contributed by atoms with E-state index in [1.165, 1.54) is 5.56 Å². The quantitative estimate of drug-likeness (QED) is 0.334. The molecule has 2 unspecified atom stereocenters. The third kappa shape index (κ3) is 4.84. The van der Waals surface area contributed by atoms with E-state index in [0.717, 1.165) is 17.5 Å². The summed E-state index contributed by atoms with van der Waals surface area (Å²) in [5.41, 5.74) is 10.4. The van der Waals surface area contributed by atoms with E-state index in [2.05, 4.69) is 36.1 Å². The van der Waals surface area contributed by atoms with Crippen LogP contribution in [0.2, 0.25) is 0 Å². The van der Waals surface area contributed by atoms with E-state index in [-0.39, 0.29) is 17.7 Å². The van der Waals surface area contributed by atoms with Crippen LogP contribution in [-0.4, -0.2) is 30.0 Å². The average Bonchev–Trinajstić information content (AvgIpc) is 2.66. The molecule has 140 valence electrons. The van der Waals surface area contributed by atoms with E-state index in [1.54, 1.807) is 6.92 Å². The van der Waals surface area contributed by atoms with Crippen molar-refractivity contribution in [2.24, 2.45) is 0 Å². The standard InChI is InChI=1S/C21H27IN2O2/c1-4-16-11-12-19(23)18(13-16)20(17-9-7-6-8-10-17)21(15(3)25)24(5-2)14-26-22/h6-13,20-21H,4-5,14,23H2,1-3H3. The van der Waals surface area contributed by atoms with E-state index in [4.69, 9.17) is 8.80 Å². The maximum atomic E-state index is 12.7. The van der Waals surface area contributed by atoms with Gasteiger partial charge in [-0.3, -0.25) is 12.8 Å². The molecule has 2 aromatic rings. The number of Topliss-reactive ketones (excluding diaryl/α,β-unsaturated/α-hetero) is 1. The highest BCUT2D eigenvalue weighted by Gasteiger charge is 2.34. The summed E-state index contributed by atoms with van der Waals surface area (Å²) in [6.07, 6.45) is 0.924. The normalized spacial score (nSPS) is 13.6. The molecule has 2 N–H and O–H groups in total. The Morgan fingerprint density at radius 2 is 1.88 bits per heavy atom. The molecule has 0 radical (unpaired) electrons. The number of benzene rings is 2. The molecule has 0 heterocycles. The molecule has 2 aromatic carbocycles. The molecule has 0 saturated carbocycles. The molecule has 2 rings (SSSR count). The molecular formula is C21H27IN2O2. The lowest BCUT2D eigenvalue weighted by atomic mass is 9.81. The minimum atomic E-state index is -0.341. The first-order valence-electron chi connectivity index (χ1n) is 8.94. The van der Waals surface area contributed by atoms with Crippen molar-refractivity contribution in [3.63, 3.8) is 0 Å². The summed E-state index contributed by atoms with van der Waals surface area (Å²) in [4.78, 5) is 14.8. The molecule has 0 aliphatic carbocycles. The molecule has 0 aromatic heterocycles. The van der Waals surface area contributed by atoms with Crippen molar-refractivity contribution >= 4 is 34.5 Å². The van der Waals surface area contributed by atoms with E-state index in [1.807, 2.05) is 54.2 Å². The van der Waals surface area contributed by atoms with Crippen molar-refractivity contribution in [1.82, 2.24) is 4.90 Å². The Morgan fingerprint density at radius 3 is 2.42 bits per heavy atom. The molecule has 0 spiro atoms. The second kappa shape index (κ2) is 10.0. The number of nitrogen functional groups attached to an aromatic ring is 1. The van der Waals surface area contributed by atoms with E-state index in [9.17, 15) is 4.79 Å². The van der Waals surface area contributed by atoms with Crippen molar-refractivity contribution in [1.29, 1.82) is 0 Å². The van der Waals surface area contributed by atoms with Crippen molar-refractivity contribution in [3.05, 3.63) is 65.2 Å². The van der Waals surface area contributed by atoms with Crippen molar-refractivity contribution in [2.75, 3.05) is 19.0 Å². The summed E-state index contributed by atoms with van der Waals surface area (Å²) < 4.78 is 5.34. The topological polar surface area (TPSA) is 55.6 Å². The number of nitrogens with two attached hydrogens (primary N) is 1. The van der Waals surface area contributed by atoms with E-state index in [0.29, 0.717) is 19.0 Å². The van der Waals surface area contributed by atoms with Crippen molar-refractivity contribution in [3.8, 4) is 0 Å². The van der Waals surface area contributed by atoms with Crippen LogP contribution in [0.5, 0.6) is 0 Å². The fraction of sp³-hybridized carbons (Fsp3) is 0.381. The number of aryl methyl sites for hydroxylation is 1. The Kier molecular flexibility index (Phi) is 8.06. The maximum absolute atomic E-state index is 12.7. The first-order chi connectivity index (χ1) is 12.5. The number of ketones is 1. The van der Waals surface area contributed by atoms with Crippen molar-refractivity contribution in [2.45, 2.75) is 39.2 Å². The van der Waals surface area contributed by atoms with Gasteiger partial charge in [0.1, 0.15) is 35.5 Å². The van der Waals surface area contributed by atoms with Crippen LogP contribution >= 0.6 is 23.0 Å². The van der Waals surface area contributed by atoms with Gasteiger partial charge >= 0.3 is 0 Å². The molecule has 0 aliphatic rings. The Bertz CT molecular complexity index is 721. The number of rotatable bonds is 9. The van der Waals surface area contributed by atoms with Crippen LogP contribution in [0.4, 0.5) is 5.69 Å². The number of carbonyl (C=O) groups excluding carboxylic acids is 1. The van der Waals surface area contributed by atoms with Gasteiger partial charge in [0, 0.05) is 11.6 Å². The van der Waals surface area contributed by atoms with Crippen LogP contribution < -0.4 is 5.73 Å². The molecule has 0 bridgehead atoms. The summed E-state index contributed by atoms with van der Waals surface area (Å²) >= 11 is 1.88. The molecule has 0 amide bonds. The predicted octanol–water partition coefficient (Wildman–Crippen LogP) is 4.57. The van der Waals surface area contributed by atoms with Crippen LogP contribution in [0, 0.1) is 0 Å². The second-order valence-corrected chi connectivity index (χ2v) is 7.03. The van der Waals surface area contributed by atoms with Gasteiger partial charge in [0.15, 0.2) is 0 Å². The highest BCUT2D eigenvalue weighted by molar-refractivity contribution is 14.1. The molecule has 0 fully saturated rings. The number of anilines is 1.